The number of Topliss-reactive ketones (excluding diaryl/α,β-unsaturated/α-hetero) is 1. The van der Waals surface area contributed by atoms with Gasteiger partial charge in [0.15, 0.2) is 12.4 Å². The predicted octanol–water partition coefficient (Wildman–Crippen LogP) is 4.17. The molecule has 0 atom stereocenters. The summed E-state index contributed by atoms with van der Waals surface area (Å²) in [5, 5.41) is 0. The van der Waals surface area contributed by atoms with Gasteiger partial charge in [0, 0.05) is 12.7 Å². The highest BCUT2D eigenvalue weighted by molar-refractivity contribution is 5.99. The maximum absolute atomic E-state index is 12.2. The highest BCUT2D eigenvalue weighted by Gasteiger charge is 2.15. The fourth-order valence-electron chi connectivity index (χ4n) is 2.41. The van der Waals surface area contributed by atoms with Crippen LogP contribution in [0.25, 0.3) is 0 Å². The minimum atomic E-state index is -0.516. The van der Waals surface area contributed by atoms with Gasteiger partial charge in [-0.25, -0.2) is 4.79 Å². The molecule has 25 heavy (non-hydrogen) atoms. The first-order valence-corrected chi connectivity index (χ1v) is 8.20. The molecule has 0 aliphatic rings. The maximum Gasteiger partial charge on any atom is 0.338 e. The van der Waals surface area contributed by atoms with E-state index in [0.717, 1.165) is 11.1 Å². The Morgan fingerprint density at radius 1 is 0.960 bits per heavy atom. The van der Waals surface area contributed by atoms with Crippen LogP contribution in [-0.4, -0.2) is 25.5 Å². The van der Waals surface area contributed by atoms with E-state index in [4.69, 9.17) is 9.47 Å². The molecule has 0 aliphatic heterocycles. The highest BCUT2D eigenvalue weighted by atomic mass is 16.5. The molecule has 4 nitrogen and oxygen atoms in total. The summed E-state index contributed by atoms with van der Waals surface area (Å²) in [6.07, 6.45) is 0. The lowest BCUT2D eigenvalue weighted by atomic mass is 9.86. The number of ketones is 1. The summed E-state index contributed by atoms with van der Waals surface area (Å²) >= 11 is 0. The monoisotopic (exact) mass is 340 g/mol. The van der Waals surface area contributed by atoms with Crippen molar-refractivity contribution in [3.8, 4) is 0 Å². The Hall–Kier alpha value is -2.46. The van der Waals surface area contributed by atoms with Crippen molar-refractivity contribution in [1.29, 1.82) is 0 Å². The lowest BCUT2D eigenvalue weighted by Gasteiger charge is -2.18. The van der Waals surface area contributed by atoms with E-state index in [-0.39, 0.29) is 17.8 Å². The summed E-state index contributed by atoms with van der Waals surface area (Å²) in [7, 11) is 1.59. The number of carbonyl (C=O) groups excluding carboxylic acids is 2. The minimum absolute atomic E-state index is 0.0290. The van der Waals surface area contributed by atoms with Crippen LogP contribution >= 0.6 is 0 Å². The molecule has 2 rings (SSSR count). The fourth-order valence-corrected chi connectivity index (χ4v) is 2.41. The summed E-state index contributed by atoms with van der Waals surface area (Å²) in [4.78, 5) is 24.3. The largest absolute Gasteiger partial charge is 0.454 e. The Bertz CT molecular complexity index is 739. The standard InChI is InChI=1S/C21H24O4/c1-21(2,3)18-10-8-16(9-11-18)19(22)14-25-20(23)17-7-5-6-15(12-17)13-24-4/h5-12H,13-14H2,1-4H3. The molecule has 2 aromatic rings. The number of carbonyl (C=O) groups is 2. The Kier molecular flexibility index (Phi) is 6.10. The quantitative estimate of drug-likeness (QED) is 0.585. The van der Waals surface area contributed by atoms with Crippen molar-refractivity contribution in [2.75, 3.05) is 13.7 Å². The summed E-state index contributed by atoms with van der Waals surface area (Å²) < 4.78 is 10.2. The second-order valence-electron chi connectivity index (χ2n) is 6.96. The maximum atomic E-state index is 12.2. The van der Waals surface area contributed by atoms with Gasteiger partial charge in [-0.05, 0) is 28.7 Å². The van der Waals surface area contributed by atoms with Crippen LogP contribution in [0.5, 0.6) is 0 Å². The number of hydrogen-bond acceptors (Lipinski definition) is 4. The van der Waals surface area contributed by atoms with E-state index in [1.165, 1.54) is 0 Å². The van der Waals surface area contributed by atoms with Crippen molar-refractivity contribution in [2.24, 2.45) is 0 Å². The van der Waals surface area contributed by atoms with Gasteiger partial charge in [0.2, 0.25) is 0 Å². The van der Waals surface area contributed by atoms with Gasteiger partial charge in [-0.3, -0.25) is 4.79 Å². The highest BCUT2D eigenvalue weighted by Crippen LogP contribution is 2.22. The molecule has 0 spiro atoms. The topological polar surface area (TPSA) is 52.6 Å². The van der Waals surface area contributed by atoms with Crippen LogP contribution in [0.15, 0.2) is 48.5 Å². The zero-order valence-corrected chi connectivity index (χ0v) is 15.2. The molecule has 4 heteroatoms. The lowest BCUT2D eigenvalue weighted by molar-refractivity contribution is 0.0474. The van der Waals surface area contributed by atoms with Crippen molar-refractivity contribution in [1.82, 2.24) is 0 Å². The number of esters is 1. The van der Waals surface area contributed by atoms with Gasteiger partial charge in [0.1, 0.15) is 0 Å². The molecule has 0 aromatic heterocycles. The van der Waals surface area contributed by atoms with Crippen LogP contribution in [0.4, 0.5) is 0 Å². The van der Waals surface area contributed by atoms with Gasteiger partial charge in [0.25, 0.3) is 0 Å². The van der Waals surface area contributed by atoms with E-state index in [1.807, 2.05) is 18.2 Å². The third-order valence-corrected chi connectivity index (χ3v) is 3.88. The zero-order valence-electron chi connectivity index (χ0n) is 15.2. The lowest BCUT2D eigenvalue weighted by Crippen LogP contribution is -2.15. The second kappa shape index (κ2) is 8.08. The van der Waals surface area contributed by atoms with Crippen LogP contribution in [0.1, 0.15) is 52.6 Å². The summed E-state index contributed by atoms with van der Waals surface area (Å²) in [5.41, 5.74) is 3.00. The fraction of sp³-hybridized carbons (Fsp3) is 0.333. The van der Waals surface area contributed by atoms with Crippen molar-refractivity contribution in [3.05, 3.63) is 70.8 Å². The van der Waals surface area contributed by atoms with Crippen molar-refractivity contribution in [2.45, 2.75) is 32.8 Å². The average molecular weight is 340 g/mol. The first-order chi connectivity index (χ1) is 11.8. The molecular weight excluding hydrogens is 316 g/mol. The Labute approximate surface area is 148 Å². The Morgan fingerprint density at radius 3 is 2.24 bits per heavy atom. The SMILES string of the molecule is COCc1cccc(C(=O)OCC(=O)c2ccc(C(C)(C)C)cc2)c1. The summed E-state index contributed by atoms with van der Waals surface area (Å²) in [6, 6.07) is 14.4. The van der Waals surface area contributed by atoms with Crippen molar-refractivity contribution < 1.29 is 19.1 Å². The normalized spacial score (nSPS) is 11.2. The van der Waals surface area contributed by atoms with Crippen LogP contribution in [0.3, 0.4) is 0 Å². The number of methoxy groups -OCH3 is 1. The molecule has 0 fully saturated rings. The Morgan fingerprint density at radius 2 is 1.64 bits per heavy atom. The molecular formula is C21H24O4. The smallest absolute Gasteiger partial charge is 0.338 e. The summed E-state index contributed by atoms with van der Waals surface area (Å²) in [6.45, 7) is 6.48. The van der Waals surface area contributed by atoms with Gasteiger partial charge in [0.05, 0.1) is 12.2 Å². The molecule has 0 aliphatic carbocycles. The van der Waals surface area contributed by atoms with Gasteiger partial charge in [-0.1, -0.05) is 57.2 Å². The van der Waals surface area contributed by atoms with Gasteiger partial charge >= 0.3 is 5.97 Å². The molecule has 0 amide bonds. The van der Waals surface area contributed by atoms with Crippen molar-refractivity contribution in [3.63, 3.8) is 0 Å². The predicted molar refractivity (Wildman–Crippen MR) is 96.9 cm³/mol. The molecule has 0 N–H and O–H groups in total. The van der Waals surface area contributed by atoms with Gasteiger partial charge in [-0.2, -0.15) is 0 Å². The van der Waals surface area contributed by atoms with E-state index >= 15 is 0 Å². The molecule has 0 saturated heterocycles. The number of ether oxygens (including phenoxy) is 2. The first kappa shape index (κ1) is 18.9. The van der Waals surface area contributed by atoms with Crippen LogP contribution in [0.2, 0.25) is 0 Å². The molecule has 0 saturated carbocycles. The third-order valence-electron chi connectivity index (χ3n) is 3.88. The second-order valence-corrected chi connectivity index (χ2v) is 6.96. The summed E-state index contributed by atoms with van der Waals surface area (Å²) in [5.74, 6) is -0.737. The van der Waals surface area contributed by atoms with E-state index in [2.05, 4.69) is 20.8 Å². The van der Waals surface area contributed by atoms with E-state index in [9.17, 15) is 9.59 Å². The van der Waals surface area contributed by atoms with E-state index < -0.39 is 5.97 Å². The first-order valence-electron chi connectivity index (χ1n) is 8.20. The molecule has 0 bridgehead atoms. The zero-order chi connectivity index (χ0) is 18.4. The van der Waals surface area contributed by atoms with Gasteiger partial charge < -0.3 is 9.47 Å². The minimum Gasteiger partial charge on any atom is -0.454 e. The third kappa shape index (κ3) is 5.26. The average Bonchev–Trinajstić information content (AvgIpc) is 2.59. The number of hydrogen-bond donors (Lipinski definition) is 0. The molecule has 0 heterocycles. The number of rotatable bonds is 6. The molecule has 0 unspecified atom stereocenters. The molecule has 0 radical (unpaired) electrons. The van der Waals surface area contributed by atoms with Crippen molar-refractivity contribution >= 4 is 11.8 Å². The molecule has 132 valence electrons. The van der Waals surface area contributed by atoms with Crippen LogP contribution < -0.4 is 0 Å². The van der Waals surface area contributed by atoms with Gasteiger partial charge in [-0.15, -0.1) is 0 Å². The van der Waals surface area contributed by atoms with E-state index in [0.29, 0.717) is 17.7 Å². The number of benzene rings is 2. The Balaban J connectivity index is 1.97. The molecule has 2 aromatic carbocycles. The van der Waals surface area contributed by atoms with Crippen LogP contribution in [0, 0.1) is 0 Å². The van der Waals surface area contributed by atoms with E-state index in [1.54, 1.807) is 37.4 Å². The van der Waals surface area contributed by atoms with Crippen LogP contribution in [-0.2, 0) is 21.5 Å².